The van der Waals surface area contributed by atoms with E-state index in [1.54, 1.807) is 24.3 Å². The number of carbonyl (C=O) groups excluding carboxylic acids is 1. The number of benzene rings is 1. The van der Waals surface area contributed by atoms with Crippen LogP contribution in [0.2, 0.25) is 0 Å². The summed E-state index contributed by atoms with van der Waals surface area (Å²) in [5, 5.41) is 10.5. The van der Waals surface area contributed by atoms with E-state index in [-0.39, 0.29) is 19.4 Å². The minimum Gasteiger partial charge on any atom is -0.494 e. The topological polar surface area (TPSA) is 75.6 Å². The summed E-state index contributed by atoms with van der Waals surface area (Å²) in [6.45, 7) is 0.203. The van der Waals surface area contributed by atoms with E-state index in [9.17, 15) is 22.8 Å². The lowest BCUT2D eigenvalue weighted by Crippen LogP contribution is -2.43. The molecule has 2 N–H and O–H groups in total. The van der Waals surface area contributed by atoms with Crippen molar-refractivity contribution in [2.75, 3.05) is 6.61 Å². The number of rotatable bonds is 8. The largest absolute Gasteiger partial charge is 0.494 e. The molecule has 1 aromatic carbocycles. The number of halogens is 3. The molecule has 0 aliphatic carbocycles. The molecule has 1 unspecified atom stereocenters. The standard InChI is InChI=1S/C14H16F3NO4/c15-14(16,17)9-11(13(20)21)18-12(19)7-4-8-22-10-5-2-1-3-6-10/h1-3,5-6,11H,4,7-9H2,(H,18,19)(H,20,21). The Morgan fingerprint density at radius 3 is 2.41 bits per heavy atom. The van der Waals surface area contributed by atoms with Crippen molar-refractivity contribution in [3.63, 3.8) is 0 Å². The van der Waals surface area contributed by atoms with E-state index in [0.717, 1.165) is 0 Å². The molecule has 122 valence electrons. The number of aliphatic carboxylic acids is 1. The average Bonchev–Trinajstić information content (AvgIpc) is 2.42. The minimum atomic E-state index is -4.66. The molecule has 1 atom stereocenters. The lowest BCUT2D eigenvalue weighted by Gasteiger charge is -2.16. The summed E-state index contributed by atoms with van der Waals surface area (Å²) in [6, 6.07) is 6.84. The molecule has 0 bridgehead atoms. The summed E-state index contributed by atoms with van der Waals surface area (Å²) in [6.07, 6.45) is -6.12. The summed E-state index contributed by atoms with van der Waals surface area (Å²) >= 11 is 0. The first-order valence-corrected chi connectivity index (χ1v) is 6.54. The van der Waals surface area contributed by atoms with Gasteiger partial charge in [-0.1, -0.05) is 18.2 Å². The highest BCUT2D eigenvalue weighted by Gasteiger charge is 2.36. The number of hydrogen-bond acceptors (Lipinski definition) is 3. The molecule has 0 aromatic heterocycles. The van der Waals surface area contributed by atoms with Crippen molar-refractivity contribution in [1.82, 2.24) is 5.32 Å². The second-order valence-corrected chi connectivity index (χ2v) is 4.54. The number of nitrogens with one attached hydrogen (secondary N) is 1. The van der Waals surface area contributed by atoms with Crippen molar-refractivity contribution in [2.45, 2.75) is 31.5 Å². The van der Waals surface area contributed by atoms with Crippen LogP contribution in [0.25, 0.3) is 0 Å². The van der Waals surface area contributed by atoms with Crippen LogP contribution in [0.1, 0.15) is 19.3 Å². The highest BCUT2D eigenvalue weighted by molar-refractivity contribution is 5.83. The van der Waals surface area contributed by atoms with Crippen molar-refractivity contribution < 1.29 is 32.6 Å². The van der Waals surface area contributed by atoms with E-state index in [4.69, 9.17) is 9.84 Å². The van der Waals surface area contributed by atoms with E-state index in [0.29, 0.717) is 5.75 Å². The maximum absolute atomic E-state index is 12.2. The SMILES string of the molecule is O=C(CCCOc1ccccc1)NC(CC(F)(F)F)C(=O)O. The van der Waals surface area contributed by atoms with Crippen molar-refractivity contribution in [1.29, 1.82) is 0 Å². The van der Waals surface area contributed by atoms with Gasteiger partial charge in [-0.25, -0.2) is 4.79 Å². The number of alkyl halides is 3. The normalized spacial score (nSPS) is 12.5. The first kappa shape index (κ1) is 17.8. The van der Waals surface area contributed by atoms with Gasteiger partial charge in [0.05, 0.1) is 13.0 Å². The lowest BCUT2D eigenvalue weighted by atomic mass is 10.2. The molecule has 22 heavy (non-hydrogen) atoms. The Kier molecular flexibility index (Phi) is 6.68. The molecule has 0 aliphatic heterocycles. The predicted molar refractivity (Wildman–Crippen MR) is 71.4 cm³/mol. The number of amides is 1. The third-order valence-corrected chi connectivity index (χ3v) is 2.63. The Bertz CT molecular complexity index is 491. The minimum absolute atomic E-state index is 0.117. The fourth-order valence-corrected chi connectivity index (χ4v) is 1.64. The van der Waals surface area contributed by atoms with Gasteiger partial charge in [0.25, 0.3) is 0 Å². The maximum Gasteiger partial charge on any atom is 0.391 e. The molecule has 0 saturated heterocycles. The van der Waals surface area contributed by atoms with Crippen LogP contribution in [0.5, 0.6) is 5.75 Å². The Balaban J connectivity index is 2.30. The van der Waals surface area contributed by atoms with Crippen LogP contribution in [-0.2, 0) is 9.59 Å². The number of hydrogen-bond donors (Lipinski definition) is 2. The van der Waals surface area contributed by atoms with Gasteiger partial charge in [-0.2, -0.15) is 13.2 Å². The summed E-state index contributed by atoms with van der Waals surface area (Å²) in [7, 11) is 0. The monoisotopic (exact) mass is 319 g/mol. The lowest BCUT2D eigenvalue weighted by molar-refractivity contribution is -0.160. The Hall–Kier alpha value is -2.25. The van der Waals surface area contributed by atoms with Crippen LogP contribution >= 0.6 is 0 Å². The van der Waals surface area contributed by atoms with Gasteiger partial charge >= 0.3 is 12.1 Å². The summed E-state index contributed by atoms with van der Waals surface area (Å²) in [5.74, 6) is -1.86. The fourth-order valence-electron chi connectivity index (χ4n) is 1.64. The van der Waals surface area contributed by atoms with Crippen LogP contribution < -0.4 is 10.1 Å². The second-order valence-electron chi connectivity index (χ2n) is 4.54. The first-order valence-electron chi connectivity index (χ1n) is 6.54. The Labute approximate surface area is 125 Å². The third kappa shape index (κ3) is 7.51. The molecule has 1 rings (SSSR count). The van der Waals surface area contributed by atoms with E-state index in [1.165, 1.54) is 0 Å². The van der Waals surface area contributed by atoms with Gasteiger partial charge in [0.1, 0.15) is 11.8 Å². The van der Waals surface area contributed by atoms with Crippen molar-refractivity contribution >= 4 is 11.9 Å². The quantitative estimate of drug-likeness (QED) is 0.721. The molecule has 0 radical (unpaired) electrons. The first-order chi connectivity index (χ1) is 10.3. The number of ether oxygens (including phenoxy) is 1. The van der Waals surface area contributed by atoms with E-state index >= 15 is 0 Å². The average molecular weight is 319 g/mol. The van der Waals surface area contributed by atoms with Crippen molar-refractivity contribution in [3.05, 3.63) is 30.3 Å². The van der Waals surface area contributed by atoms with Crippen LogP contribution in [-0.4, -0.2) is 35.8 Å². The van der Waals surface area contributed by atoms with Crippen LogP contribution in [0, 0.1) is 0 Å². The Morgan fingerprint density at radius 2 is 1.86 bits per heavy atom. The van der Waals surface area contributed by atoms with E-state index in [2.05, 4.69) is 0 Å². The molecule has 1 amide bonds. The molecule has 0 saturated carbocycles. The highest BCUT2D eigenvalue weighted by Crippen LogP contribution is 2.21. The van der Waals surface area contributed by atoms with Gasteiger partial charge in [-0.15, -0.1) is 0 Å². The highest BCUT2D eigenvalue weighted by atomic mass is 19.4. The molecular formula is C14H16F3NO4. The molecule has 0 fully saturated rings. The number of carboxylic acid groups (broad SMARTS) is 1. The number of carbonyl (C=O) groups is 2. The molecular weight excluding hydrogens is 303 g/mol. The van der Waals surface area contributed by atoms with Crippen molar-refractivity contribution in [2.24, 2.45) is 0 Å². The summed E-state index contributed by atoms with van der Waals surface area (Å²) < 4.78 is 41.8. The van der Waals surface area contributed by atoms with Gasteiger partial charge < -0.3 is 15.2 Å². The van der Waals surface area contributed by atoms with Crippen LogP contribution in [0.4, 0.5) is 13.2 Å². The van der Waals surface area contributed by atoms with Crippen molar-refractivity contribution in [3.8, 4) is 5.75 Å². The maximum atomic E-state index is 12.2. The second kappa shape index (κ2) is 8.26. The molecule has 8 heteroatoms. The fraction of sp³-hybridized carbons (Fsp3) is 0.429. The molecule has 0 aliphatic rings. The van der Waals surface area contributed by atoms with Gasteiger partial charge in [0.2, 0.25) is 5.91 Å². The van der Waals surface area contributed by atoms with Crippen LogP contribution in [0.15, 0.2) is 30.3 Å². The zero-order valence-electron chi connectivity index (χ0n) is 11.6. The third-order valence-electron chi connectivity index (χ3n) is 2.63. The molecule has 0 spiro atoms. The molecule has 5 nitrogen and oxygen atoms in total. The smallest absolute Gasteiger partial charge is 0.391 e. The van der Waals surface area contributed by atoms with Gasteiger partial charge in [-0.05, 0) is 18.6 Å². The predicted octanol–water partition coefficient (Wildman–Crippen LogP) is 2.37. The van der Waals surface area contributed by atoms with Gasteiger partial charge in [-0.3, -0.25) is 4.79 Å². The van der Waals surface area contributed by atoms with Crippen LogP contribution in [0.3, 0.4) is 0 Å². The van der Waals surface area contributed by atoms with E-state index < -0.39 is 30.5 Å². The Morgan fingerprint density at radius 1 is 1.23 bits per heavy atom. The number of carboxylic acids is 1. The zero-order valence-corrected chi connectivity index (χ0v) is 11.6. The van der Waals surface area contributed by atoms with Gasteiger partial charge in [0, 0.05) is 6.42 Å². The zero-order chi connectivity index (χ0) is 16.6. The summed E-state index contributed by atoms with van der Waals surface area (Å²) in [5.41, 5.74) is 0. The number of para-hydroxylation sites is 1. The van der Waals surface area contributed by atoms with Gasteiger partial charge in [0.15, 0.2) is 0 Å². The summed E-state index contributed by atoms with van der Waals surface area (Å²) in [4.78, 5) is 22.1. The van der Waals surface area contributed by atoms with E-state index in [1.807, 2.05) is 11.4 Å². The molecule has 0 heterocycles. The molecule has 1 aromatic rings.